The van der Waals surface area contributed by atoms with Gasteiger partial charge in [0.1, 0.15) is 11.4 Å². The Morgan fingerprint density at radius 3 is 2.59 bits per heavy atom. The third kappa shape index (κ3) is 4.48. The smallest absolute Gasteiger partial charge is 0.256 e. The molecule has 1 fully saturated rings. The second-order valence-corrected chi connectivity index (χ2v) is 8.35. The number of anilines is 1. The number of aromatic nitrogens is 2. The Balaban J connectivity index is 1.85. The van der Waals surface area contributed by atoms with Crippen molar-refractivity contribution in [3.05, 3.63) is 41.1 Å². The van der Waals surface area contributed by atoms with Crippen LogP contribution in [-0.4, -0.2) is 34.2 Å². The number of carbonyl (C=O) groups is 2. The third-order valence-corrected chi connectivity index (χ3v) is 4.44. The molecule has 27 heavy (non-hydrogen) atoms. The zero-order valence-corrected chi connectivity index (χ0v) is 16.3. The largest absolute Gasteiger partial charge is 0.383 e. The van der Waals surface area contributed by atoms with Crippen LogP contribution in [0.4, 0.5) is 5.82 Å². The van der Waals surface area contributed by atoms with Gasteiger partial charge in [0.2, 0.25) is 0 Å². The molecule has 0 aliphatic heterocycles. The Morgan fingerprint density at radius 2 is 1.96 bits per heavy atom. The summed E-state index contributed by atoms with van der Waals surface area (Å²) in [5, 5.41) is 10.1. The molecule has 1 aromatic heterocycles. The first-order chi connectivity index (χ1) is 12.7. The molecule has 0 unspecified atom stereocenters. The Kier molecular flexibility index (Phi) is 4.95. The average molecular weight is 369 g/mol. The van der Waals surface area contributed by atoms with Crippen LogP contribution in [0.1, 0.15) is 59.9 Å². The Hall–Kier alpha value is -2.83. The number of amides is 2. The number of aryl methyl sites for hydroxylation is 1. The van der Waals surface area contributed by atoms with Gasteiger partial charge in [0.15, 0.2) is 0 Å². The van der Waals surface area contributed by atoms with Gasteiger partial charge in [-0.25, -0.2) is 4.68 Å². The molecule has 3 rings (SSSR count). The first-order valence-corrected chi connectivity index (χ1v) is 9.19. The maximum absolute atomic E-state index is 12.4. The fraction of sp³-hybridized carbons (Fsp3) is 0.450. The summed E-state index contributed by atoms with van der Waals surface area (Å²) in [5.74, 6) is -0.106. The summed E-state index contributed by atoms with van der Waals surface area (Å²) in [7, 11) is 0. The Labute approximate surface area is 159 Å². The molecule has 1 aliphatic carbocycles. The van der Waals surface area contributed by atoms with Crippen LogP contribution >= 0.6 is 0 Å². The van der Waals surface area contributed by atoms with E-state index in [0.717, 1.165) is 18.4 Å². The van der Waals surface area contributed by atoms with Gasteiger partial charge in [-0.05, 0) is 42.9 Å². The van der Waals surface area contributed by atoms with Crippen molar-refractivity contribution in [2.75, 3.05) is 12.3 Å². The van der Waals surface area contributed by atoms with Gasteiger partial charge in [0.05, 0.1) is 11.9 Å². The normalized spacial score (nSPS) is 14.1. The van der Waals surface area contributed by atoms with E-state index in [1.54, 1.807) is 12.1 Å². The molecule has 7 nitrogen and oxygen atoms in total. The molecule has 2 amide bonds. The van der Waals surface area contributed by atoms with Crippen LogP contribution in [0.25, 0.3) is 5.69 Å². The average Bonchev–Trinajstić information content (AvgIpc) is 3.32. The van der Waals surface area contributed by atoms with E-state index in [2.05, 4.69) is 15.7 Å². The molecular formula is C20H27N5O2. The van der Waals surface area contributed by atoms with Crippen molar-refractivity contribution in [1.29, 1.82) is 0 Å². The number of rotatable bonds is 5. The molecule has 144 valence electrons. The summed E-state index contributed by atoms with van der Waals surface area (Å²) in [6.45, 7) is 8.58. The van der Waals surface area contributed by atoms with Crippen molar-refractivity contribution in [3.8, 4) is 5.69 Å². The van der Waals surface area contributed by atoms with Gasteiger partial charge in [0, 0.05) is 18.2 Å². The van der Waals surface area contributed by atoms with E-state index in [0.29, 0.717) is 23.4 Å². The van der Waals surface area contributed by atoms with Crippen LogP contribution in [0, 0.1) is 12.3 Å². The van der Waals surface area contributed by atoms with E-state index in [4.69, 9.17) is 5.73 Å². The SMILES string of the molecule is Cc1ccc(C(=O)NC2CC2)cc1-n1ncc(C(=O)NCC(C)(C)C)c1N. The fourth-order valence-electron chi connectivity index (χ4n) is 2.64. The molecule has 0 atom stereocenters. The second kappa shape index (κ2) is 7.06. The predicted octanol–water partition coefficient (Wildman–Crippen LogP) is 2.43. The minimum Gasteiger partial charge on any atom is -0.383 e. The van der Waals surface area contributed by atoms with Crippen molar-refractivity contribution in [3.63, 3.8) is 0 Å². The van der Waals surface area contributed by atoms with Gasteiger partial charge in [-0.1, -0.05) is 26.8 Å². The van der Waals surface area contributed by atoms with Gasteiger partial charge in [0.25, 0.3) is 11.8 Å². The van der Waals surface area contributed by atoms with E-state index in [1.807, 2.05) is 33.8 Å². The first kappa shape index (κ1) is 18.9. The minimum atomic E-state index is -0.256. The molecular weight excluding hydrogens is 342 g/mol. The lowest BCUT2D eigenvalue weighted by molar-refractivity contribution is 0.0936. The summed E-state index contributed by atoms with van der Waals surface area (Å²) in [5.41, 5.74) is 8.65. The summed E-state index contributed by atoms with van der Waals surface area (Å²) in [6, 6.07) is 5.69. The van der Waals surface area contributed by atoms with Gasteiger partial charge in [-0.3, -0.25) is 9.59 Å². The second-order valence-electron chi connectivity index (χ2n) is 8.35. The van der Waals surface area contributed by atoms with Crippen molar-refractivity contribution in [2.45, 2.75) is 46.6 Å². The first-order valence-electron chi connectivity index (χ1n) is 9.19. The monoisotopic (exact) mass is 369 g/mol. The molecule has 7 heteroatoms. The van der Waals surface area contributed by atoms with E-state index >= 15 is 0 Å². The van der Waals surface area contributed by atoms with Crippen LogP contribution in [0.5, 0.6) is 0 Å². The van der Waals surface area contributed by atoms with Crippen molar-refractivity contribution < 1.29 is 9.59 Å². The number of nitrogens with zero attached hydrogens (tertiary/aromatic N) is 2. The van der Waals surface area contributed by atoms with E-state index < -0.39 is 0 Å². The van der Waals surface area contributed by atoms with Crippen molar-refractivity contribution >= 4 is 17.6 Å². The topological polar surface area (TPSA) is 102 Å². The summed E-state index contributed by atoms with van der Waals surface area (Å²) >= 11 is 0. The van der Waals surface area contributed by atoms with Crippen LogP contribution in [0.15, 0.2) is 24.4 Å². The highest BCUT2D eigenvalue weighted by atomic mass is 16.2. The van der Waals surface area contributed by atoms with Crippen molar-refractivity contribution in [2.24, 2.45) is 5.41 Å². The number of nitrogen functional groups attached to an aromatic ring is 1. The standard InChI is InChI=1S/C20H27N5O2/c1-12-5-6-13(18(26)24-14-7-8-14)9-16(12)25-17(21)15(10-23-25)19(27)22-11-20(2,3)4/h5-6,9-10,14H,7-8,11,21H2,1-4H3,(H,22,27)(H,24,26). The molecule has 0 saturated heterocycles. The molecule has 1 saturated carbocycles. The zero-order chi connectivity index (χ0) is 19.8. The number of hydrogen-bond donors (Lipinski definition) is 3. The van der Waals surface area contributed by atoms with Gasteiger partial charge in [-0.2, -0.15) is 5.10 Å². The fourth-order valence-corrected chi connectivity index (χ4v) is 2.64. The van der Waals surface area contributed by atoms with Crippen LogP contribution in [-0.2, 0) is 0 Å². The Bertz CT molecular complexity index is 875. The lowest BCUT2D eigenvalue weighted by Gasteiger charge is -2.18. The summed E-state index contributed by atoms with van der Waals surface area (Å²) in [6.07, 6.45) is 3.52. The minimum absolute atomic E-state index is 0.0275. The predicted molar refractivity (Wildman–Crippen MR) is 105 cm³/mol. The van der Waals surface area contributed by atoms with Crippen molar-refractivity contribution in [1.82, 2.24) is 20.4 Å². The van der Waals surface area contributed by atoms with Crippen LogP contribution in [0.2, 0.25) is 0 Å². The van der Waals surface area contributed by atoms with Crippen LogP contribution < -0.4 is 16.4 Å². The van der Waals surface area contributed by atoms with Gasteiger partial charge in [-0.15, -0.1) is 0 Å². The highest BCUT2D eigenvalue weighted by Gasteiger charge is 2.24. The number of carbonyl (C=O) groups excluding carboxylic acids is 2. The molecule has 0 bridgehead atoms. The summed E-state index contributed by atoms with van der Waals surface area (Å²) in [4.78, 5) is 24.8. The number of benzene rings is 1. The van der Waals surface area contributed by atoms with E-state index in [-0.39, 0.29) is 29.1 Å². The zero-order valence-electron chi connectivity index (χ0n) is 16.3. The molecule has 2 aromatic rings. The third-order valence-electron chi connectivity index (χ3n) is 4.44. The molecule has 1 aromatic carbocycles. The maximum Gasteiger partial charge on any atom is 0.256 e. The Morgan fingerprint density at radius 1 is 1.26 bits per heavy atom. The summed E-state index contributed by atoms with van der Waals surface area (Å²) < 4.78 is 1.51. The molecule has 0 radical (unpaired) electrons. The molecule has 1 heterocycles. The van der Waals surface area contributed by atoms with Crippen LogP contribution in [0.3, 0.4) is 0 Å². The van der Waals surface area contributed by atoms with E-state index in [1.165, 1.54) is 10.9 Å². The quantitative estimate of drug-likeness (QED) is 0.753. The molecule has 4 N–H and O–H groups in total. The van der Waals surface area contributed by atoms with Gasteiger partial charge < -0.3 is 16.4 Å². The highest BCUT2D eigenvalue weighted by molar-refractivity contribution is 5.99. The maximum atomic E-state index is 12.4. The molecule has 0 spiro atoms. The lowest BCUT2D eigenvalue weighted by atomic mass is 9.97. The number of nitrogens with one attached hydrogen (secondary N) is 2. The van der Waals surface area contributed by atoms with Gasteiger partial charge >= 0.3 is 0 Å². The lowest BCUT2D eigenvalue weighted by Crippen LogP contribution is -2.32. The molecule has 1 aliphatic rings. The highest BCUT2D eigenvalue weighted by Crippen LogP contribution is 2.23. The number of nitrogens with two attached hydrogens (primary N) is 1. The van der Waals surface area contributed by atoms with E-state index in [9.17, 15) is 9.59 Å². The number of hydrogen-bond acceptors (Lipinski definition) is 4.